The molecule has 0 unspecified atom stereocenters. The lowest BCUT2D eigenvalue weighted by Gasteiger charge is -2.35. The highest BCUT2D eigenvalue weighted by Gasteiger charge is 2.54. The lowest BCUT2D eigenvalue weighted by atomic mass is 9.85. The summed E-state index contributed by atoms with van der Waals surface area (Å²) in [5.74, 6) is -3.41. The van der Waals surface area contributed by atoms with Crippen molar-refractivity contribution < 1.29 is 41.8 Å². The number of amides is 1. The fourth-order valence-corrected chi connectivity index (χ4v) is 5.99. The van der Waals surface area contributed by atoms with E-state index in [9.17, 15) is 32.3 Å². The van der Waals surface area contributed by atoms with E-state index in [-0.39, 0.29) is 23.4 Å². The van der Waals surface area contributed by atoms with Gasteiger partial charge in [0.2, 0.25) is 5.60 Å². The van der Waals surface area contributed by atoms with E-state index in [4.69, 9.17) is 19.2 Å². The summed E-state index contributed by atoms with van der Waals surface area (Å²) in [7, 11) is 0. The molecule has 0 bridgehead atoms. The smallest absolute Gasteiger partial charge is 0.457 e. The van der Waals surface area contributed by atoms with Crippen LogP contribution in [0, 0.1) is 0 Å². The maximum atomic E-state index is 13.7. The van der Waals surface area contributed by atoms with E-state index >= 15 is 0 Å². The molecule has 0 spiro atoms. The summed E-state index contributed by atoms with van der Waals surface area (Å²) in [4.78, 5) is 57.5. The third kappa shape index (κ3) is 4.60. The number of carbonyl (C=O) groups is 3. The van der Waals surface area contributed by atoms with Crippen LogP contribution < -0.4 is 15.6 Å². The van der Waals surface area contributed by atoms with Gasteiger partial charge in [0.25, 0.3) is 5.56 Å². The molecule has 14 heteroatoms. The molecule has 1 fully saturated rings. The van der Waals surface area contributed by atoms with Crippen LogP contribution in [0.25, 0.3) is 22.3 Å². The molecule has 1 amide bonds. The van der Waals surface area contributed by atoms with E-state index in [2.05, 4.69) is 5.32 Å². The average Bonchev–Trinajstić information content (AvgIpc) is 3.36. The van der Waals surface area contributed by atoms with Crippen LogP contribution in [0.2, 0.25) is 0 Å². The van der Waals surface area contributed by atoms with Gasteiger partial charge in [0.15, 0.2) is 0 Å². The molecule has 11 nitrogen and oxygen atoms in total. The number of piperazine rings is 1. The summed E-state index contributed by atoms with van der Waals surface area (Å²) < 4.78 is 56.5. The number of aromatic nitrogens is 2. The van der Waals surface area contributed by atoms with Crippen molar-refractivity contribution in [3.8, 4) is 17.1 Å². The molecule has 0 saturated carbocycles. The number of cyclic esters (lactones) is 1. The van der Waals surface area contributed by atoms with Crippen LogP contribution in [-0.2, 0) is 44.2 Å². The molecule has 5 heterocycles. The Balaban J connectivity index is 1.45. The van der Waals surface area contributed by atoms with Gasteiger partial charge in [0, 0.05) is 42.7 Å². The number of halogens is 3. The summed E-state index contributed by atoms with van der Waals surface area (Å²) in [6.07, 6.45) is -5.69. The lowest BCUT2D eigenvalue weighted by Crippen LogP contribution is -2.49. The summed E-state index contributed by atoms with van der Waals surface area (Å²) in [5.41, 5.74) is -0.468. The second-order valence-electron chi connectivity index (χ2n) is 10.5. The first-order valence-corrected chi connectivity index (χ1v) is 13.9. The Morgan fingerprint density at radius 2 is 1.86 bits per heavy atom. The molecule has 1 saturated heterocycles. The molecule has 43 heavy (non-hydrogen) atoms. The number of nitrogens with one attached hydrogen (secondary N) is 1. The van der Waals surface area contributed by atoms with Gasteiger partial charge in [-0.2, -0.15) is 13.2 Å². The second kappa shape index (κ2) is 10.4. The van der Waals surface area contributed by atoms with Gasteiger partial charge in [-0.15, -0.1) is 0 Å². The van der Waals surface area contributed by atoms with Crippen molar-refractivity contribution in [2.75, 3.05) is 26.2 Å². The molecule has 1 N–H and O–H groups in total. The van der Waals surface area contributed by atoms with Gasteiger partial charge in [0.05, 0.1) is 29.0 Å². The average molecular weight is 601 g/mol. The van der Waals surface area contributed by atoms with Crippen molar-refractivity contribution in [2.45, 2.75) is 51.6 Å². The summed E-state index contributed by atoms with van der Waals surface area (Å²) in [6, 6.07) is 6.43. The number of aryl methyl sites for hydroxylation is 1. The van der Waals surface area contributed by atoms with Crippen LogP contribution in [0.4, 0.5) is 18.0 Å². The number of alkyl halides is 3. The van der Waals surface area contributed by atoms with Gasteiger partial charge in [-0.25, -0.2) is 19.4 Å². The van der Waals surface area contributed by atoms with Gasteiger partial charge >= 0.3 is 24.2 Å². The van der Waals surface area contributed by atoms with E-state index in [0.29, 0.717) is 55.1 Å². The summed E-state index contributed by atoms with van der Waals surface area (Å²) >= 11 is 0. The van der Waals surface area contributed by atoms with Crippen LogP contribution in [0.5, 0.6) is 5.75 Å². The Hall–Kier alpha value is -4.46. The molecule has 3 aliphatic rings. The normalized spacial score (nSPS) is 19.4. The highest BCUT2D eigenvalue weighted by Crippen LogP contribution is 2.43. The molecule has 3 aromatic rings. The lowest BCUT2D eigenvalue weighted by molar-refractivity contribution is -0.223. The highest BCUT2D eigenvalue weighted by molar-refractivity contribution is 5.91. The van der Waals surface area contributed by atoms with Crippen LogP contribution in [0.15, 0.2) is 29.1 Å². The van der Waals surface area contributed by atoms with Crippen molar-refractivity contribution in [2.24, 2.45) is 0 Å². The van der Waals surface area contributed by atoms with E-state index in [1.54, 1.807) is 23.1 Å². The van der Waals surface area contributed by atoms with Crippen LogP contribution in [0.3, 0.4) is 0 Å². The predicted molar refractivity (Wildman–Crippen MR) is 144 cm³/mol. The molecule has 1 aromatic carbocycles. The largest absolute Gasteiger partial charge is 0.490 e. The maximum absolute atomic E-state index is 13.7. The van der Waals surface area contributed by atoms with Crippen molar-refractivity contribution >= 4 is 28.9 Å². The molecule has 3 aliphatic heterocycles. The SMILES string of the molecule is CCc1c2c(nc3ccc(OC(=O)N4CCNCC4)cc13)-c1cc3c(c(=O)n1C2)COC(=O)[C@@]3(CC)OC(=O)C(F)(F)F. The molecular formula is C29H27F3N4O7. The summed E-state index contributed by atoms with van der Waals surface area (Å²) in [6.45, 7) is 5.35. The van der Waals surface area contributed by atoms with E-state index < -0.39 is 48.4 Å². The highest BCUT2D eigenvalue weighted by atomic mass is 19.4. The third-order valence-corrected chi connectivity index (χ3v) is 8.18. The first kappa shape index (κ1) is 28.6. The van der Waals surface area contributed by atoms with Gasteiger partial charge in [-0.05, 0) is 42.7 Å². The topological polar surface area (TPSA) is 129 Å². The standard InChI is InChI=1S/C29H27F3N4O7/c1-3-16-17-11-15(42-27(40)35-9-7-33-8-10-35)5-6-21(17)34-23-18(16)13-36-22(23)12-20-19(24(36)37)14-41-25(38)28(20,4-2)43-26(39)29(30,31)32/h5-6,11-12,33H,3-4,7-10,13-14H2,1-2H3/t28-/m0/s1. The Morgan fingerprint density at radius 1 is 1.12 bits per heavy atom. The monoisotopic (exact) mass is 600 g/mol. The number of hydrogen-bond donors (Lipinski definition) is 1. The van der Waals surface area contributed by atoms with Crippen molar-refractivity contribution in [3.63, 3.8) is 0 Å². The van der Waals surface area contributed by atoms with Crippen molar-refractivity contribution in [1.82, 2.24) is 19.8 Å². The van der Waals surface area contributed by atoms with E-state index in [0.717, 1.165) is 10.9 Å². The summed E-state index contributed by atoms with van der Waals surface area (Å²) in [5, 5.41) is 3.90. The van der Waals surface area contributed by atoms with Gasteiger partial charge in [-0.3, -0.25) is 4.79 Å². The Bertz CT molecular complexity index is 1750. The Morgan fingerprint density at radius 3 is 2.53 bits per heavy atom. The number of ether oxygens (including phenoxy) is 3. The molecule has 2 aromatic heterocycles. The molecule has 6 rings (SSSR count). The van der Waals surface area contributed by atoms with Gasteiger partial charge in [-0.1, -0.05) is 13.8 Å². The van der Waals surface area contributed by atoms with Crippen molar-refractivity contribution in [3.05, 3.63) is 56.9 Å². The minimum atomic E-state index is -5.37. The fraction of sp³-hybridized carbons (Fsp3) is 0.414. The maximum Gasteiger partial charge on any atom is 0.490 e. The van der Waals surface area contributed by atoms with Crippen LogP contribution in [-0.4, -0.2) is 64.8 Å². The minimum Gasteiger partial charge on any atom is -0.457 e. The number of benzene rings is 1. The van der Waals surface area contributed by atoms with Crippen LogP contribution in [0.1, 0.15) is 42.5 Å². The molecule has 0 radical (unpaired) electrons. The molecule has 1 atom stereocenters. The van der Waals surface area contributed by atoms with E-state index in [1.165, 1.54) is 17.6 Å². The quantitative estimate of drug-likeness (QED) is 0.351. The predicted octanol–water partition coefficient (Wildman–Crippen LogP) is 3.16. The zero-order chi connectivity index (χ0) is 30.7. The van der Waals surface area contributed by atoms with Gasteiger partial charge in [0.1, 0.15) is 12.4 Å². The third-order valence-electron chi connectivity index (χ3n) is 8.18. The number of pyridine rings is 2. The first-order chi connectivity index (χ1) is 20.5. The zero-order valence-corrected chi connectivity index (χ0v) is 23.3. The molecule has 226 valence electrons. The number of fused-ring (bicyclic) bond motifs is 5. The number of hydrogen-bond acceptors (Lipinski definition) is 9. The zero-order valence-electron chi connectivity index (χ0n) is 23.3. The first-order valence-electron chi connectivity index (χ1n) is 13.9. The van der Waals surface area contributed by atoms with Crippen molar-refractivity contribution in [1.29, 1.82) is 0 Å². The molecular weight excluding hydrogens is 573 g/mol. The Kier molecular flexibility index (Phi) is 6.91. The number of esters is 2. The van der Waals surface area contributed by atoms with Crippen LogP contribution >= 0.6 is 0 Å². The van der Waals surface area contributed by atoms with Gasteiger partial charge < -0.3 is 29.0 Å². The second-order valence-corrected chi connectivity index (χ2v) is 10.5. The number of carbonyl (C=O) groups excluding carboxylic acids is 3. The molecule has 0 aliphatic carbocycles. The van der Waals surface area contributed by atoms with E-state index in [1.807, 2.05) is 6.92 Å². The minimum absolute atomic E-state index is 0.0716. The Labute approximate surface area is 242 Å². The fourth-order valence-electron chi connectivity index (χ4n) is 5.99. The number of rotatable bonds is 4. The number of nitrogens with zero attached hydrogens (tertiary/aromatic N) is 3.